The molecule has 0 N–H and O–H groups in total. The first-order valence-electron chi connectivity index (χ1n) is 17.5. The van der Waals surface area contributed by atoms with Crippen LogP contribution >= 0.6 is 0 Å². The third kappa shape index (κ3) is 4.43. The Labute approximate surface area is 298 Å². The Hall–Kier alpha value is -6.64. The summed E-state index contributed by atoms with van der Waals surface area (Å²) >= 11 is 0. The summed E-state index contributed by atoms with van der Waals surface area (Å²) in [5.74, 6) is 1.80. The molecule has 2 heteroatoms. The topological polar surface area (TPSA) is 12.5 Å². The number of benzene rings is 8. The molecule has 2 nitrogen and oxygen atoms in total. The molecule has 8 aromatic carbocycles. The summed E-state index contributed by atoms with van der Waals surface area (Å²) in [6.45, 7) is 0. The zero-order valence-corrected chi connectivity index (χ0v) is 27.9. The second-order valence-electron chi connectivity index (χ2n) is 13.2. The molecule has 240 valence electrons. The normalized spacial score (nSPS) is 13.0. The fourth-order valence-corrected chi connectivity index (χ4v) is 8.45. The van der Waals surface area contributed by atoms with E-state index < -0.39 is 5.41 Å². The fraction of sp³-hybridized carbons (Fsp3) is 0.0204. The van der Waals surface area contributed by atoms with Crippen molar-refractivity contribution in [3.8, 4) is 44.9 Å². The Morgan fingerprint density at radius 2 is 0.804 bits per heavy atom. The Kier molecular flexibility index (Phi) is 6.75. The lowest BCUT2D eigenvalue weighted by Gasteiger charge is -2.39. The van der Waals surface area contributed by atoms with E-state index in [1.807, 2.05) is 0 Å². The molecule has 51 heavy (non-hydrogen) atoms. The molecular weight excluding hydrogens is 619 g/mol. The predicted octanol–water partition coefficient (Wildman–Crippen LogP) is 13.0. The third-order valence-electron chi connectivity index (χ3n) is 10.5. The summed E-state index contributed by atoms with van der Waals surface area (Å²) in [6, 6.07) is 72.0. The van der Waals surface area contributed by atoms with Crippen molar-refractivity contribution in [2.45, 2.75) is 5.41 Å². The lowest BCUT2D eigenvalue weighted by Crippen LogP contribution is -2.32. The number of para-hydroxylation sites is 5. The minimum atomic E-state index is -0.526. The molecule has 0 radical (unpaired) electrons. The highest BCUT2D eigenvalue weighted by Crippen LogP contribution is 2.62. The molecule has 0 amide bonds. The van der Waals surface area contributed by atoms with Crippen molar-refractivity contribution < 1.29 is 4.74 Å². The van der Waals surface area contributed by atoms with Gasteiger partial charge in [0.1, 0.15) is 11.5 Å². The molecule has 1 aliphatic heterocycles. The van der Waals surface area contributed by atoms with Crippen LogP contribution in [-0.4, -0.2) is 0 Å². The minimum Gasteiger partial charge on any atom is -0.457 e. The first kappa shape index (κ1) is 29.3. The number of fused-ring (bicyclic) bond motifs is 9. The quantitative estimate of drug-likeness (QED) is 0.184. The first-order chi connectivity index (χ1) is 25.3. The maximum Gasteiger partial charge on any atom is 0.132 e. The lowest BCUT2D eigenvalue weighted by atomic mass is 9.66. The van der Waals surface area contributed by atoms with Crippen molar-refractivity contribution >= 4 is 17.1 Å². The van der Waals surface area contributed by atoms with Gasteiger partial charge in [0, 0.05) is 27.9 Å². The highest BCUT2D eigenvalue weighted by Gasteiger charge is 2.51. The van der Waals surface area contributed by atoms with Crippen LogP contribution in [0.25, 0.3) is 33.4 Å². The van der Waals surface area contributed by atoms with Crippen LogP contribution < -0.4 is 9.64 Å². The van der Waals surface area contributed by atoms with Gasteiger partial charge in [-0.05, 0) is 75.8 Å². The highest BCUT2D eigenvalue weighted by molar-refractivity contribution is 5.95. The van der Waals surface area contributed by atoms with E-state index in [4.69, 9.17) is 4.74 Å². The standard InChI is InChI=1S/C49H33NO/c1-3-17-34(18-4-1)37-21-8-13-27-45(37)50(36-19-5-2-6-20-36)46-28-14-9-22-38(46)35-31-32-40-39-23-7-10-24-41(39)49(44(40)33-35)42-25-11-15-29-47(42)51-48-30-16-12-26-43(48)49/h1-33H. The van der Waals surface area contributed by atoms with E-state index in [9.17, 15) is 0 Å². The molecule has 0 saturated carbocycles. The van der Waals surface area contributed by atoms with E-state index in [-0.39, 0.29) is 0 Å². The molecule has 1 spiro atoms. The third-order valence-corrected chi connectivity index (χ3v) is 10.5. The average molecular weight is 652 g/mol. The molecule has 0 saturated heterocycles. The molecule has 10 rings (SSSR count). The molecule has 0 fully saturated rings. The van der Waals surface area contributed by atoms with Gasteiger partial charge in [-0.2, -0.15) is 0 Å². The Morgan fingerprint density at radius 1 is 0.333 bits per heavy atom. The number of rotatable bonds is 5. The minimum absolute atomic E-state index is 0.526. The maximum atomic E-state index is 6.60. The average Bonchev–Trinajstić information content (AvgIpc) is 3.49. The van der Waals surface area contributed by atoms with Gasteiger partial charge in [-0.3, -0.25) is 0 Å². The van der Waals surface area contributed by atoms with Crippen LogP contribution in [0.1, 0.15) is 22.3 Å². The van der Waals surface area contributed by atoms with Gasteiger partial charge in [-0.15, -0.1) is 0 Å². The summed E-state index contributed by atoms with van der Waals surface area (Å²) in [7, 11) is 0. The lowest BCUT2D eigenvalue weighted by molar-refractivity contribution is 0.436. The molecule has 2 aliphatic rings. The van der Waals surface area contributed by atoms with Crippen molar-refractivity contribution in [2.75, 3.05) is 4.90 Å². The molecule has 0 bridgehead atoms. The van der Waals surface area contributed by atoms with Gasteiger partial charge in [0.15, 0.2) is 0 Å². The van der Waals surface area contributed by atoms with Gasteiger partial charge < -0.3 is 9.64 Å². The van der Waals surface area contributed by atoms with E-state index in [0.29, 0.717) is 0 Å². The van der Waals surface area contributed by atoms with Gasteiger partial charge in [0.2, 0.25) is 0 Å². The van der Waals surface area contributed by atoms with Crippen LogP contribution in [0.3, 0.4) is 0 Å². The number of hydrogen-bond donors (Lipinski definition) is 0. The van der Waals surface area contributed by atoms with Crippen LogP contribution in [0.15, 0.2) is 200 Å². The predicted molar refractivity (Wildman–Crippen MR) is 209 cm³/mol. The van der Waals surface area contributed by atoms with Gasteiger partial charge in [0.05, 0.1) is 16.8 Å². The zero-order valence-electron chi connectivity index (χ0n) is 27.9. The Balaban J connectivity index is 1.23. The van der Waals surface area contributed by atoms with Gasteiger partial charge in [0.25, 0.3) is 0 Å². The van der Waals surface area contributed by atoms with Gasteiger partial charge in [-0.1, -0.05) is 158 Å². The highest BCUT2D eigenvalue weighted by atomic mass is 16.5. The number of ether oxygens (including phenoxy) is 1. The van der Waals surface area contributed by atoms with Gasteiger partial charge in [-0.25, -0.2) is 0 Å². The maximum absolute atomic E-state index is 6.60. The number of nitrogens with zero attached hydrogens (tertiary/aromatic N) is 1. The molecule has 1 aliphatic carbocycles. The fourth-order valence-electron chi connectivity index (χ4n) is 8.45. The van der Waals surface area contributed by atoms with Crippen LogP contribution in [0.5, 0.6) is 11.5 Å². The summed E-state index contributed by atoms with van der Waals surface area (Å²) in [5.41, 5.74) is 14.9. The largest absolute Gasteiger partial charge is 0.457 e. The molecule has 0 aromatic heterocycles. The van der Waals surface area contributed by atoms with Crippen molar-refractivity contribution in [3.05, 3.63) is 222 Å². The molecular formula is C49H33NO. The van der Waals surface area contributed by atoms with E-state index in [0.717, 1.165) is 39.7 Å². The summed E-state index contributed by atoms with van der Waals surface area (Å²) in [5, 5.41) is 0. The second kappa shape index (κ2) is 11.8. The van der Waals surface area contributed by atoms with Crippen LogP contribution in [0, 0.1) is 0 Å². The number of hydrogen-bond acceptors (Lipinski definition) is 2. The van der Waals surface area contributed by atoms with E-state index in [1.54, 1.807) is 0 Å². The zero-order chi connectivity index (χ0) is 33.8. The molecule has 0 atom stereocenters. The monoisotopic (exact) mass is 651 g/mol. The van der Waals surface area contributed by atoms with E-state index in [2.05, 4.69) is 205 Å². The summed E-state index contributed by atoms with van der Waals surface area (Å²) < 4.78 is 6.60. The molecule has 8 aromatic rings. The van der Waals surface area contributed by atoms with Crippen molar-refractivity contribution in [2.24, 2.45) is 0 Å². The van der Waals surface area contributed by atoms with E-state index in [1.165, 1.54) is 44.5 Å². The Bertz CT molecular complexity index is 2530. The summed E-state index contributed by atoms with van der Waals surface area (Å²) in [6.07, 6.45) is 0. The van der Waals surface area contributed by atoms with Crippen molar-refractivity contribution in [3.63, 3.8) is 0 Å². The second-order valence-corrected chi connectivity index (χ2v) is 13.2. The molecule has 1 heterocycles. The smallest absolute Gasteiger partial charge is 0.132 e. The Morgan fingerprint density at radius 3 is 1.45 bits per heavy atom. The summed E-state index contributed by atoms with van der Waals surface area (Å²) in [4.78, 5) is 2.41. The van der Waals surface area contributed by atoms with Crippen LogP contribution in [0.4, 0.5) is 17.1 Å². The number of anilines is 3. The SMILES string of the molecule is c1ccc(-c2ccccc2N(c2ccccc2)c2ccccc2-c2ccc3c(c2)C2(c4ccccc4Oc4ccccc42)c2ccccc2-3)cc1. The van der Waals surface area contributed by atoms with Crippen LogP contribution in [-0.2, 0) is 5.41 Å². The first-order valence-corrected chi connectivity index (χ1v) is 17.5. The molecule has 0 unspecified atom stereocenters. The van der Waals surface area contributed by atoms with Crippen LogP contribution in [0.2, 0.25) is 0 Å². The van der Waals surface area contributed by atoms with Gasteiger partial charge >= 0.3 is 0 Å². The van der Waals surface area contributed by atoms with E-state index >= 15 is 0 Å². The van der Waals surface area contributed by atoms with Crippen molar-refractivity contribution in [1.82, 2.24) is 0 Å². The van der Waals surface area contributed by atoms with Crippen molar-refractivity contribution in [1.29, 1.82) is 0 Å².